The predicted molar refractivity (Wildman–Crippen MR) is 87.8 cm³/mol. The summed E-state index contributed by atoms with van der Waals surface area (Å²) in [4.78, 5) is 2.62. The maximum Gasteiger partial charge on any atom is 0.0411 e. The molecular weight excluding hydrogens is 266 g/mol. The fraction of sp³-hybridized carbons (Fsp3) is 0.556. The van der Waals surface area contributed by atoms with Crippen molar-refractivity contribution in [3.63, 3.8) is 0 Å². The third kappa shape index (κ3) is 2.26. The van der Waals surface area contributed by atoms with Crippen molar-refractivity contribution >= 4 is 17.3 Å². The summed E-state index contributed by atoms with van der Waals surface area (Å²) in [5.74, 6) is 0.600. The molecule has 0 saturated heterocycles. The van der Waals surface area contributed by atoms with Gasteiger partial charge >= 0.3 is 0 Å². The van der Waals surface area contributed by atoms with E-state index in [1.165, 1.54) is 49.8 Å². The van der Waals surface area contributed by atoms with Crippen molar-refractivity contribution in [2.75, 3.05) is 11.4 Å². The Hall–Kier alpha value is -0.950. The molecule has 1 aromatic rings. The highest BCUT2D eigenvalue weighted by molar-refractivity contribution is 6.30. The summed E-state index contributed by atoms with van der Waals surface area (Å²) in [6, 6.07) is 6.41. The topological polar surface area (TPSA) is 3.24 Å². The molecule has 0 aromatic heterocycles. The predicted octanol–water partition coefficient (Wildman–Crippen LogP) is 5.54. The number of fused-ring (bicyclic) bond motifs is 1. The van der Waals surface area contributed by atoms with Gasteiger partial charge in [-0.2, -0.15) is 0 Å². The number of anilines is 1. The van der Waals surface area contributed by atoms with E-state index in [1.807, 2.05) is 12.1 Å². The summed E-state index contributed by atoms with van der Waals surface area (Å²) in [5.41, 5.74) is 3.15. The van der Waals surface area contributed by atoms with E-state index in [2.05, 4.69) is 30.5 Å². The minimum Gasteiger partial charge on any atom is -0.362 e. The van der Waals surface area contributed by atoms with Gasteiger partial charge in [-0.1, -0.05) is 43.9 Å². The summed E-state index contributed by atoms with van der Waals surface area (Å²) < 4.78 is 0. The van der Waals surface area contributed by atoms with Gasteiger partial charge in [-0.25, -0.2) is 0 Å². The standard InChI is InChI=1S/C18H24ClN/c1-3-11-20-17-8-7-15(19)12-16(17)14(2)13-18(20)9-5-4-6-10-18/h3,7-8,12,14H,1,4-6,9-11,13H2,2H3. The molecule has 0 N–H and O–H groups in total. The number of nitrogens with zero attached hydrogens (tertiary/aromatic N) is 1. The summed E-state index contributed by atoms with van der Waals surface area (Å²) >= 11 is 6.21. The first-order chi connectivity index (χ1) is 9.66. The summed E-state index contributed by atoms with van der Waals surface area (Å²) in [6.45, 7) is 7.28. The lowest BCUT2D eigenvalue weighted by molar-refractivity contribution is 0.238. The van der Waals surface area contributed by atoms with Crippen molar-refractivity contribution < 1.29 is 0 Å². The first-order valence-corrected chi connectivity index (χ1v) is 8.22. The molecule has 3 rings (SSSR count). The van der Waals surface area contributed by atoms with Crippen molar-refractivity contribution in [2.24, 2.45) is 0 Å². The Labute approximate surface area is 127 Å². The van der Waals surface area contributed by atoms with Crippen molar-refractivity contribution in [2.45, 2.75) is 56.9 Å². The van der Waals surface area contributed by atoms with Crippen LogP contribution in [0.5, 0.6) is 0 Å². The SMILES string of the molecule is C=CCN1c2ccc(Cl)cc2C(C)CC12CCCCC2. The molecule has 1 aliphatic heterocycles. The summed E-state index contributed by atoms with van der Waals surface area (Å²) in [5, 5.41) is 0.855. The molecule has 2 heteroatoms. The van der Waals surface area contributed by atoms with Gasteiger partial charge in [0.15, 0.2) is 0 Å². The second-order valence-corrected chi connectivity index (χ2v) is 6.93. The second kappa shape index (κ2) is 5.44. The zero-order valence-electron chi connectivity index (χ0n) is 12.4. The fourth-order valence-corrected chi connectivity index (χ4v) is 4.50. The number of rotatable bonds is 2. The van der Waals surface area contributed by atoms with E-state index in [1.54, 1.807) is 0 Å². The average molecular weight is 290 g/mol. The van der Waals surface area contributed by atoms with Crippen LogP contribution >= 0.6 is 11.6 Å². The number of halogens is 1. The zero-order chi connectivity index (χ0) is 14.2. The van der Waals surface area contributed by atoms with Crippen LogP contribution in [-0.4, -0.2) is 12.1 Å². The molecule has 0 radical (unpaired) electrons. The lowest BCUT2D eigenvalue weighted by Crippen LogP contribution is -2.53. The molecule has 0 bridgehead atoms. The summed E-state index contributed by atoms with van der Waals surface area (Å²) in [6.07, 6.45) is 10.1. The molecule has 20 heavy (non-hydrogen) atoms. The van der Waals surface area contributed by atoms with E-state index in [9.17, 15) is 0 Å². The molecule has 1 heterocycles. The second-order valence-electron chi connectivity index (χ2n) is 6.49. The van der Waals surface area contributed by atoms with E-state index in [-0.39, 0.29) is 0 Å². The van der Waals surface area contributed by atoms with Crippen LogP contribution in [0.25, 0.3) is 0 Å². The Bertz CT molecular complexity index is 502. The van der Waals surface area contributed by atoms with Crippen molar-refractivity contribution in [3.8, 4) is 0 Å². The van der Waals surface area contributed by atoms with Crippen LogP contribution in [0.4, 0.5) is 5.69 Å². The van der Waals surface area contributed by atoms with Gasteiger partial charge in [-0.15, -0.1) is 6.58 Å². The van der Waals surface area contributed by atoms with Gasteiger partial charge in [-0.05, 0) is 48.9 Å². The molecular formula is C18H24ClN. The highest BCUT2D eigenvalue weighted by Gasteiger charge is 2.43. The molecule has 1 saturated carbocycles. The molecule has 0 amide bonds. The van der Waals surface area contributed by atoms with E-state index < -0.39 is 0 Å². The van der Waals surface area contributed by atoms with Gasteiger partial charge in [0, 0.05) is 22.8 Å². The number of benzene rings is 1. The molecule has 1 aromatic carbocycles. The quantitative estimate of drug-likeness (QED) is 0.646. The monoisotopic (exact) mass is 289 g/mol. The van der Waals surface area contributed by atoms with Crippen molar-refractivity contribution in [1.82, 2.24) is 0 Å². The number of hydrogen-bond donors (Lipinski definition) is 0. The highest BCUT2D eigenvalue weighted by atomic mass is 35.5. The van der Waals surface area contributed by atoms with Crippen molar-refractivity contribution in [1.29, 1.82) is 0 Å². The van der Waals surface area contributed by atoms with Crippen molar-refractivity contribution in [3.05, 3.63) is 41.4 Å². The molecule has 1 atom stereocenters. The van der Waals surface area contributed by atoms with Gasteiger partial charge in [0.05, 0.1) is 0 Å². The van der Waals surface area contributed by atoms with Gasteiger partial charge in [-0.3, -0.25) is 0 Å². The van der Waals surface area contributed by atoms with Gasteiger partial charge in [0.2, 0.25) is 0 Å². The van der Waals surface area contributed by atoms with Crippen LogP contribution in [0.3, 0.4) is 0 Å². The summed E-state index contributed by atoms with van der Waals surface area (Å²) in [7, 11) is 0. The lowest BCUT2D eigenvalue weighted by Gasteiger charge is -2.53. The fourth-order valence-electron chi connectivity index (χ4n) is 4.32. The molecule has 1 fully saturated rings. The van der Waals surface area contributed by atoms with Crippen LogP contribution in [0.15, 0.2) is 30.9 Å². The van der Waals surface area contributed by atoms with E-state index >= 15 is 0 Å². The van der Waals surface area contributed by atoms with Crippen LogP contribution in [0, 0.1) is 0 Å². The normalized spacial score (nSPS) is 24.5. The maximum atomic E-state index is 6.21. The van der Waals surface area contributed by atoms with Crippen LogP contribution < -0.4 is 4.90 Å². The third-order valence-electron chi connectivity index (χ3n) is 5.17. The van der Waals surface area contributed by atoms with Gasteiger partial charge < -0.3 is 4.90 Å². The van der Waals surface area contributed by atoms with E-state index in [0.29, 0.717) is 11.5 Å². The Morgan fingerprint density at radius 2 is 2.10 bits per heavy atom. The van der Waals surface area contributed by atoms with E-state index in [0.717, 1.165) is 11.6 Å². The third-order valence-corrected chi connectivity index (χ3v) is 5.40. The molecule has 1 spiro atoms. The Kier molecular flexibility index (Phi) is 3.81. The zero-order valence-corrected chi connectivity index (χ0v) is 13.1. The van der Waals surface area contributed by atoms with Crippen LogP contribution in [0.2, 0.25) is 5.02 Å². The van der Waals surface area contributed by atoms with Crippen LogP contribution in [0.1, 0.15) is 56.9 Å². The maximum absolute atomic E-state index is 6.21. The first-order valence-electron chi connectivity index (χ1n) is 7.84. The Morgan fingerprint density at radius 3 is 2.80 bits per heavy atom. The number of hydrogen-bond acceptors (Lipinski definition) is 1. The first kappa shape index (κ1) is 14.0. The smallest absolute Gasteiger partial charge is 0.0411 e. The van der Waals surface area contributed by atoms with E-state index in [4.69, 9.17) is 11.6 Å². The van der Waals surface area contributed by atoms with Gasteiger partial charge in [0.25, 0.3) is 0 Å². The minimum absolute atomic E-state index is 0.354. The Morgan fingerprint density at radius 1 is 1.35 bits per heavy atom. The van der Waals surface area contributed by atoms with Gasteiger partial charge in [0.1, 0.15) is 0 Å². The average Bonchev–Trinajstić information content (AvgIpc) is 2.45. The molecule has 1 unspecified atom stereocenters. The highest BCUT2D eigenvalue weighted by Crippen LogP contribution is 2.49. The molecule has 108 valence electrons. The largest absolute Gasteiger partial charge is 0.362 e. The minimum atomic E-state index is 0.354. The lowest BCUT2D eigenvalue weighted by atomic mass is 9.70. The molecule has 1 nitrogen and oxygen atoms in total. The molecule has 2 aliphatic rings. The molecule has 1 aliphatic carbocycles. The van der Waals surface area contributed by atoms with Crippen LogP contribution in [-0.2, 0) is 0 Å². The Balaban J connectivity index is 2.07.